The van der Waals surface area contributed by atoms with Crippen LogP contribution in [0.25, 0.3) is 5.76 Å². The van der Waals surface area contributed by atoms with E-state index >= 15 is 0 Å². The number of halogens is 1. The molecule has 34 heavy (non-hydrogen) atoms. The molecule has 6 heteroatoms. The first-order valence-electron chi connectivity index (χ1n) is 12.3. The van der Waals surface area contributed by atoms with Gasteiger partial charge in [0.2, 0.25) is 0 Å². The third-order valence-corrected chi connectivity index (χ3v) is 6.30. The van der Waals surface area contributed by atoms with Crippen LogP contribution in [0.1, 0.15) is 63.1 Å². The van der Waals surface area contributed by atoms with Gasteiger partial charge in [-0.3, -0.25) is 9.59 Å². The first kappa shape index (κ1) is 25.6. The Morgan fingerprint density at radius 1 is 0.912 bits per heavy atom. The summed E-state index contributed by atoms with van der Waals surface area (Å²) in [5, 5.41) is 11.0. The number of aliphatic hydroxyl groups excluding tert-OH is 1. The van der Waals surface area contributed by atoms with Gasteiger partial charge >= 0.3 is 0 Å². The summed E-state index contributed by atoms with van der Waals surface area (Å²) in [4.78, 5) is 30.1. The molecule has 1 heterocycles. The van der Waals surface area contributed by atoms with Crippen LogP contribution in [0.2, 0.25) is 0 Å². The summed E-state index contributed by atoms with van der Waals surface area (Å²) in [7, 11) is 0. The molecule has 0 aliphatic carbocycles. The van der Waals surface area contributed by atoms with Gasteiger partial charge in [0, 0.05) is 12.1 Å². The largest absolute Gasteiger partial charge is 0.507 e. The summed E-state index contributed by atoms with van der Waals surface area (Å²) < 4.78 is 13.6. The summed E-state index contributed by atoms with van der Waals surface area (Å²) in [6.45, 7) is 7.60. The van der Waals surface area contributed by atoms with Crippen LogP contribution in [-0.4, -0.2) is 52.8 Å². The van der Waals surface area contributed by atoms with E-state index in [0.29, 0.717) is 24.1 Å². The molecule has 182 valence electrons. The van der Waals surface area contributed by atoms with Gasteiger partial charge in [0.05, 0.1) is 11.6 Å². The van der Waals surface area contributed by atoms with Crippen molar-refractivity contribution in [1.29, 1.82) is 0 Å². The van der Waals surface area contributed by atoms with Crippen LogP contribution < -0.4 is 0 Å². The molecule has 1 N–H and O–H groups in total. The van der Waals surface area contributed by atoms with Crippen molar-refractivity contribution < 1.29 is 19.1 Å². The third-order valence-electron chi connectivity index (χ3n) is 6.30. The summed E-state index contributed by atoms with van der Waals surface area (Å²) in [6.07, 6.45) is 5.22. The van der Waals surface area contributed by atoms with Gasteiger partial charge in [-0.05, 0) is 56.6 Å². The minimum absolute atomic E-state index is 0.0524. The average Bonchev–Trinajstić information content (AvgIpc) is 3.11. The maximum absolute atomic E-state index is 13.6. The highest BCUT2D eigenvalue weighted by Crippen LogP contribution is 2.39. The number of likely N-dealkylation sites (tertiary alicyclic amines) is 1. The van der Waals surface area contributed by atoms with E-state index < -0.39 is 23.5 Å². The molecular formula is C28H35FN2O3. The lowest BCUT2D eigenvalue weighted by atomic mass is 9.95. The second kappa shape index (κ2) is 12.5. The van der Waals surface area contributed by atoms with Crippen molar-refractivity contribution in [2.24, 2.45) is 0 Å². The molecule has 1 fully saturated rings. The second-order valence-corrected chi connectivity index (χ2v) is 8.81. The smallest absolute Gasteiger partial charge is 0.295 e. The molecular weight excluding hydrogens is 431 g/mol. The number of carbonyl (C=O) groups is 2. The van der Waals surface area contributed by atoms with E-state index in [1.54, 1.807) is 36.4 Å². The summed E-state index contributed by atoms with van der Waals surface area (Å²) in [6, 6.07) is 13.8. The standard InChI is InChI=1S/C28H35FN2O3/c1-3-5-17-30(18-6-4-2)19-10-20-31-25(21-13-15-23(29)16-14-21)24(27(33)28(31)34)26(32)22-11-8-7-9-12-22/h7-9,11-16,25,32H,3-6,10,17-20H2,1-2H3/b26-24-. The zero-order valence-corrected chi connectivity index (χ0v) is 20.2. The maximum atomic E-state index is 13.6. The first-order chi connectivity index (χ1) is 16.5. The minimum Gasteiger partial charge on any atom is -0.507 e. The fourth-order valence-electron chi connectivity index (χ4n) is 4.42. The number of benzene rings is 2. The molecule has 1 amide bonds. The normalized spacial score (nSPS) is 17.6. The molecule has 0 spiro atoms. The van der Waals surface area contributed by atoms with Gasteiger partial charge in [-0.15, -0.1) is 0 Å². The zero-order valence-electron chi connectivity index (χ0n) is 20.2. The quantitative estimate of drug-likeness (QED) is 0.253. The molecule has 2 aromatic carbocycles. The van der Waals surface area contributed by atoms with Crippen molar-refractivity contribution in [3.05, 3.63) is 77.1 Å². The lowest BCUT2D eigenvalue weighted by molar-refractivity contribution is -0.140. The number of nitrogens with zero attached hydrogens (tertiary/aromatic N) is 2. The van der Waals surface area contributed by atoms with Gasteiger partial charge in [0.1, 0.15) is 11.6 Å². The van der Waals surface area contributed by atoms with Crippen molar-refractivity contribution in [1.82, 2.24) is 9.80 Å². The van der Waals surface area contributed by atoms with Crippen LogP contribution in [0.3, 0.4) is 0 Å². The van der Waals surface area contributed by atoms with E-state index in [1.807, 2.05) is 6.07 Å². The molecule has 2 aromatic rings. The van der Waals surface area contributed by atoms with Crippen LogP contribution in [0.15, 0.2) is 60.2 Å². The van der Waals surface area contributed by atoms with Gasteiger partial charge in [-0.25, -0.2) is 4.39 Å². The van der Waals surface area contributed by atoms with Gasteiger partial charge in [-0.2, -0.15) is 0 Å². The molecule has 3 rings (SSSR count). The Labute approximate surface area is 201 Å². The number of unbranched alkanes of at least 4 members (excludes halogenated alkanes) is 2. The Hall–Kier alpha value is -2.99. The Balaban J connectivity index is 1.88. The lowest BCUT2D eigenvalue weighted by Gasteiger charge is -2.27. The van der Waals surface area contributed by atoms with Gasteiger partial charge < -0.3 is 14.9 Å². The number of aliphatic hydroxyl groups is 1. The molecule has 0 radical (unpaired) electrons. The first-order valence-corrected chi connectivity index (χ1v) is 12.3. The molecule has 0 aromatic heterocycles. The Kier molecular flexibility index (Phi) is 9.40. The van der Waals surface area contributed by atoms with Crippen molar-refractivity contribution in [2.75, 3.05) is 26.2 Å². The maximum Gasteiger partial charge on any atom is 0.295 e. The Morgan fingerprint density at radius 2 is 1.50 bits per heavy atom. The van der Waals surface area contributed by atoms with E-state index in [9.17, 15) is 19.1 Å². The summed E-state index contributed by atoms with van der Waals surface area (Å²) in [5.74, 6) is -1.93. The van der Waals surface area contributed by atoms with Crippen molar-refractivity contribution in [3.8, 4) is 0 Å². The summed E-state index contributed by atoms with van der Waals surface area (Å²) in [5.41, 5.74) is 1.13. The Bertz CT molecular complexity index is 980. The third kappa shape index (κ3) is 6.11. The number of hydrogen-bond donors (Lipinski definition) is 1. The van der Waals surface area contributed by atoms with Gasteiger partial charge in [0.25, 0.3) is 11.7 Å². The highest BCUT2D eigenvalue weighted by molar-refractivity contribution is 6.46. The average molecular weight is 467 g/mol. The fourth-order valence-corrected chi connectivity index (χ4v) is 4.42. The molecule has 5 nitrogen and oxygen atoms in total. The lowest BCUT2D eigenvalue weighted by Crippen LogP contribution is -2.34. The number of Topliss-reactive ketones (excluding diaryl/α,β-unsaturated/α-hetero) is 1. The van der Waals surface area contributed by atoms with Crippen molar-refractivity contribution >= 4 is 17.4 Å². The van der Waals surface area contributed by atoms with Gasteiger partial charge in [-0.1, -0.05) is 69.2 Å². The molecule has 1 unspecified atom stereocenters. The van der Waals surface area contributed by atoms with E-state index in [2.05, 4.69) is 18.7 Å². The number of rotatable bonds is 12. The number of hydrogen-bond acceptors (Lipinski definition) is 4. The van der Waals surface area contributed by atoms with E-state index in [1.165, 1.54) is 17.0 Å². The predicted octanol–water partition coefficient (Wildman–Crippen LogP) is 5.54. The number of ketones is 1. The SMILES string of the molecule is CCCCN(CCCC)CCCN1C(=O)C(=O)/C(=C(\O)c2ccccc2)C1c1ccc(F)cc1. The predicted molar refractivity (Wildman–Crippen MR) is 133 cm³/mol. The minimum atomic E-state index is -0.750. The zero-order chi connectivity index (χ0) is 24.5. The molecule has 1 saturated heterocycles. The van der Waals surface area contributed by atoms with Gasteiger partial charge in [0.15, 0.2) is 0 Å². The van der Waals surface area contributed by atoms with Crippen LogP contribution in [-0.2, 0) is 9.59 Å². The molecule has 1 aliphatic heterocycles. The molecule has 1 aliphatic rings. The highest BCUT2D eigenvalue weighted by Gasteiger charge is 2.45. The van der Waals surface area contributed by atoms with E-state index in [0.717, 1.165) is 45.3 Å². The van der Waals surface area contributed by atoms with E-state index in [4.69, 9.17) is 0 Å². The van der Waals surface area contributed by atoms with Crippen molar-refractivity contribution in [3.63, 3.8) is 0 Å². The van der Waals surface area contributed by atoms with Crippen LogP contribution in [0.4, 0.5) is 4.39 Å². The number of carbonyl (C=O) groups excluding carboxylic acids is 2. The number of amides is 1. The van der Waals surface area contributed by atoms with Crippen LogP contribution in [0, 0.1) is 5.82 Å². The topological polar surface area (TPSA) is 60.9 Å². The highest BCUT2D eigenvalue weighted by atomic mass is 19.1. The Morgan fingerprint density at radius 3 is 2.09 bits per heavy atom. The monoisotopic (exact) mass is 466 g/mol. The summed E-state index contributed by atoms with van der Waals surface area (Å²) >= 11 is 0. The van der Waals surface area contributed by atoms with Crippen LogP contribution in [0.5, 0.6) is 0 Å². The fraction of sp³-hybridized carbons (Fsp3) is 0.429. The molecule has 0 bridgehead atoms. The molecule has 0 saturated carbocycles. The second-order valence-electron chi connectivity index (χ2n) is 8.81. The van der Waals surface area contributed by atoms with E-state index in [-0.39, 0.29) is 11.3 Å². The van der Waals surface area contributed by atoms with Crippen LogP contribution >= 0.6 is 0 Å². The molecule has 1 atom stereocenters. The van der Waals surface area contributed by atoms with Crippen molar-refractivity contribution in [2.45, 2.75) is 52.0 Å².